The van der Waals surface area contributed by atoms with Crippen LogP contribution in [-0.2, 0) is 5.41 Å². The monoisotopic (exact) mass is 524 g/mol. The molecule has 0 saturated heterocycles. The van der Waals surface area contributed by atoms with Crippen LogP contribution in [0.15, 0.2) is 133 Å². The minimum Gasteiger partial charge on any atom is -0.309 e. The van der Waals surface area contributed by atoms with Crippen molar-refractivity contribution in [3.63, 3.8) is 0 Å². The molecule has 2 heterocycles. The largest absolute Gasteiger partial charge is 0.309 e. The Bertz CT molecular complexity index is 2320. The van der Waals surface area contributed by atoms with E-state index in [2.05, 4.69) is 156 Å². The van der Waals surface area contributed by atoms with Gasteiger partial charge < -0.3 is 9.13 Å². The summed E-state index contributed by atoms with van der Waals surface area (Å²) in [6, 6.07) is 48.7. The van der Waals surface area contributed by atoms with E-state index in [-0.39, 0.29) is 5.41 Å². The third-order valence-corrected chi connectivity index (χ3v) is 9.25. The number of aromatic nitrogens is 2. The summed E-state index contributed by atoms with van der Waals surface area (Å²) in [4.78, 5) is 0. The van der Waals surface area contributed by atoms with E-state index in [0.29, 0.717) is 0 Å². The zero-order valence-corrected chi connectivity index (χ0v) is 23.1. The lowest BCUT2D eigenvalue weighted by Crippen LogP contribution is -2.16. The van der Waals surface area contributed by atoms with Crippen molar-refractivity contribution in [1.29, 1.82) is 0 Å². The van der Waals surface area contributed by atoms with Crippen LogP contribution >= 0.6 is 0 Å². The van der Waals surface area contributed by atoms with Gasteiger partial charge in [-0.1, -0.05) is 111 Å². The predicted octanol–water partition coefficient (Wildman–Crippen LogP) is 10.2. The molecule has 0 radical (unpaired) electrons. The first kappa shape index (κ1) is 22.7. The molecule has 2 nitrogen and oxygen atoms in total. The standard InChI is InChI=1S/C39H28N2/c1-39(2)30-22-12-9-19-27(30)33-34-28-20-10-13-23-31(28)40(25-15-5-3-6-16-25)37(34)35-29-21-11-14-24-32(29)41(38(35)36(33)39)26-17-7-4-8-18-26/h3-24H,1-2H3. The number of hydrogen-bond donors (Lipinski definition) is 0. The third kappa shape index (κ3) is 2.82. The zero-order valence-electron chi connectivity index (χ0n) is 23.1. The van der Waals surface area contributed by atoms with Gasteiger partial charge in [-0.3, -0.25) is 0 Å². The first-order chi connectivity index (χ1) is 20.2. The van der Waals surface area contributed by atoms with Gasteiger partial charge in [0.1, 0.15) is 0 Å². The molecule has 41 heavy (non-hydrogen) atoms. The van der Waals surface area contributed by atoms with E-state index < -0.39 is 0 Å². The van der Waals surface area contributed by atoms with Gasteiger partial charge in [-0.15, -0.1) is 0 Å². The predicted molar refractivity (Wildman–Crippen MR) is 173 cm³/mol. The summed E-state index contributed by atoms with van der Waals surface area (Å²) in [5.41, 5.74) is 12.8. The van der Waals surface area contributed by atoms with Crippen molar-refractivity contribution < 1.29 is 0 Å². The summed E-state index contributed by atoms with van der Waals surface area (Å²) in [6.45, 7) is 4.82. The molecular formula is C39H28N2. The highest BCUT2D eigenvalue weighted by Crippen LogP contribution is 2.58. The Morgan fingerprint density at radius 2 is 0.951 bits per heavy atom. The molecular weight excluding hydrogens is 496 g/mol. The van der Waals surface area contributed by atoms with Crippen LogP contribution in [0.4, 0.5) is 0 Å². The Kier molecular flexibility index (Phi) is 4.42. The van der Waals surface area contributed by atoms with Crippen LogP contribution in [0.3, 0.4) is 0 Å². The lowest BCUT2D eigenvalue weighted by molar-refractivity contribution is 0.664. The average Bonchev–Trinajstić information content (AvgIpc) is 3.62. The van der Waals surface area contributed by atoms with Crippen LogP contribution in [-0.4, -0.2) is 9.13 Å². The van der Waals surface area contributed by atoms with Gasteiger partial charge in [0.05, 0.1) is 22.1 Å². The van der Waals surface area contributed by atoms with Gasteiger partial charge in [0, 0.05) is 38.3 Å². The van der Waals surface area contributed by atoms with Gasteiger partial charge in [-0.05, 0) is 58.7 Å². The molecule has 194 valence electrons. The summed E-state index contributed by atoms with van der Waals surface area (Å²) in [5.74, 6) is 0. The highest BCUT2D eigenvalue weighted by molar-refractivity contribution is 6.32. The maximum Gasteiger partial charge on any atom is 0.0647 e. The van der Waals surface area contributed by atoms with Crippen LogP contribution in [0.25, 0.3) is 66.1 Å². The average molecular weight is 525 g/mol. The summed E-state index contributed by atoms with van der Waals surface area (Å²) in [6.07, 6.45) is 0. The molecule has 0 fully saturated rings. The van der Waals surface area contributed by atoms with E-state index in [4.69, 9.17) is 0 Å². The Morgan fingerprint density at radius 1 is 0.463 bits per heavy atom. The Morgan fingerprint density at radius 3 is 1.59 bits per heavy atom. The van der Waals surface area contributed by atoms with Gasteiger partial charge in [-0.25, -0.2) is 0 Å². The molecule has 9 rings (SSSR count). The highest BCUT2D eigenvalue weighted by atomic mass is 15.0. The van der Waals surface area contributed by atoms with Crippen molar-refractivity contribution in [2.75, 3.05) is 0 Å². The number of fused-ring (bicyclic) bond motifs is 12. The van der Waals surface area contributed by atoms with Gasteiger partial charge in [-0.2, -0.15) is 0 Å². The molecule has 8 aromatic rings. The van der Waals surface area contributed by atoms with Gasteiger partial charge >= 0.3 is 0 Å². The minimum atomic E-state index is -0.171. The number of benzene rings is 6. The molecule has 1 aliphatic carbocycles. The molecule has 6 aromatic carbocycles. The molecule has 0 spiro atoms. The lowest BCUT2D eigenvalue weighted by Gasteiger charge is -2.24. The molecule has 0 aliphatic heterocycles. The molecule has 0 atom stereocenters. The molecule has 0 N–H and O–H groups in total. The fraction of sp³-hybridized carbons (Fsp3) is 0.0769. The fourth-order valence-corrected chi connectivity index (χ4v) is 7.64. The Hall–Kier alpha value is -5.08. The molecule has 0 saturated carbocycles. The summed E-state index contributed by atoms with van der Waals surface area (Å²) in [5, 5.41) is 5.25. The SMILES string of the molecule is CC1(C)c2ccccc2-c2c1c1c(c3ccccc3n1-c1ccccc1)c1c2c2ccccc2n1-c1ccccc1. The zero-order chi connectivity index (χ0) is 27.3. The number of para-hydroxylation sites is 4. The maximum atomic E-state index is 2.52. The topological polar surface area (TPSA) is 9.86 Å². The first-order valence-corrected chi connectivity index (χ1v) is 14.4. The lowest BCUT2D eigenvalue weighted by atomic mass is 9.81. The fourth-order valence-electron chi connectivity index (χ4n) is 7.64. The second kappa shape index (κ2) is 7.99. The molecule has 0 bridgehead atoms. The molecule has 2 aromatic heterocycles. The van der Waals surface area contributed by atoms with E-state index in [0.717, 1.165) is 0 Å². The second-order valence-corrected chi connectivity index (χ2v) is 11.7. The normalized spacial score (nSPS) is 13.8. The minimum absolute atomic E-state index is 0.171. The van der Waals surface area contributed by atoms with Gasteiger partial charge in [0.25, 0.3) is 0 Å². The molecule has 0 unspecified atom stereocenters. The first-order valence-electron chi connectivity index (χ1n) is 14.4. The van der Waals surface area contributed by atoms with E-state index in [1.165, 1.54) is 77.2 Å². The quantitative estimate of drug-likeness (QED) is 0.213. The van der Waals surface area contributed by atoms with Gasteiger partial charge in [0.15, 0.2) is 0 Å². The van der Waals surface area contributed by atoms with Crippen LogP contribution in [0, 0.1) is 0 Å². The van der Waals surface area contributed by atoms with Crippen molar-refractivity contribution in [2.45, 2.75) is 19.3 Å². The number of rotatable bonds is 2. The van der Waals surface area contributed by atoms with E-state index in [1.54, 1.807) is 0 Å². The smallest absolute Gasteiger partial charge is 0.0647 e. The van der Waals surface area contributed by atoms with Crippen LogP contribution < -0.4 is 0 Å². The summed E-state index contributed by atoms with van der Waals surface area (Å²) in [7, 11) is 0. The molecule has 1 aliphatic rings. The maximum absolute atomic E-state index is 2.52. The number of nitrogens with zero attached hydrogens (tertiary/aromatic N) is 2. The van der Waals surface area contributed by atoms with Gasteiger partial charge in [0.2, 0.25) is 0 Å². The van der Waals surface area contributed by atoms with Crippen molar-refractivity contribution in [2.24, 2.45) is 0 Å². The van der Waals surface area contributed by atoms with Crippen molar-refractivity contribution in [3.8, 4) is 22.5 Å². The van der Waals surface area contributed by atoms with Crippen LogP contribution in [0.2, 0.25) is 0 Å². The van der Waals surface area contributed by atoms with Crippen molar-refractivity contribution in [3.05, 3.63) is 145 Å². The highest BCUT2D eigenvalue weighted by Gasteiger charge is 2.41. The van der Waals surface area contributed by atoms with Crippen LogP contribution in [0.5, 0.6) is 0 Å². The summed E-state index contributed by atoms with van der Waals surface area (Å²) < 4.78 is 5.02. The molecule has 0 amide bonds. The van der Waals surface area contributed by atoms with E-state index in [1.807, 2.05) is 0 Å². The van der Waals surface area contributed by atoms with E-state index >= 15 is 0 Å². The van der Waals surface area contributed by atoms with Crippen molar-refractivity contribution in [1.82, 2.24) is 9.13 Å². The number of hydrogen-bond acceptors (Lipinski definition) is 0. The Labute approximate surface area is 238 Å². The second-order valence-electron chi connectivity index (χ2n) is 11.7. The van der Waals surface area contributed by atoms with E-state index in [9.17, 15) is 0 Å². The van der Waals surface area contributed by atoms with Crippen molar-refractivity contribution >= 4 is 43.6 Å². The Balaban J connectivity index is 1.68. The molecule has 2 heteroatoms. The third-order valence-electron chi connectivity index (χ3n) is 9.25. The van der Waals surface area contributed by atoms with Crippen LogP contribution in [0.1, 0.15) is 25.0 Å². The summed E-state index contributed by atoms with van der Waals surface area (Å²) >= 11 is 0.